The zero-order chi connectivity index (χ0) is 13.8. The van der Waals surface area contributed by atoms with Gasteiger partial charge in [0.25, 0.3) is 10.0 Å². The van der Waals surface area contributed by atoms with E-state index in [1.165, 1.54) is 0 Å². The second-order valence-corrected chi connectivity index (χ2v) is 5.12. The molecule has 0 aliphatic rings. The minimum absolute atomic E-state index is 0.224. The molecule has 18 heavy (non-hydrogen) atoms. The van der Waals surface area contributed by atoms with Crippen molar-refractivity contribution in [1.82, 2.24) is 14.7 Å². The number of carbonyl (C=O) groups excluding carboxylic acids is 1. The fourth-order valence-corrected chi connectivity index (χ4v) is 2.29. The van der Waals surface area contributed by atoms with Crippen LogP contribution in [0.1, 0.15) is 12.8 Å². The predicted octanol–water partition coefficient (Wildman–Crippen LogP) is -1.59. The molecule has 0 unspecified atom stereocenters. The van der Waals surface area contributed by atoms with Crippen LogP contribution >= 0.6 is 0 Å². The Kier molecular flexibility index (Phi) is 4.39. The summed E-state index contributed by atoms with van der Waals surface area (Å²) in [4.78, 5) is 27.3. The van der Waals surface area contributed by atoms with Crippen molar-refractivity contribution in [3.8, 4) is 0 Å². The van der Waals surface area contributed by atoms with E-state index in [4.69, 9.17) is 10.8 Å². The Balaban J connectivity index is 2.78. The lowest BCUT2D eigenvalue weighted by Gasteiger charge is -2.12. The number of amides is 1. The van der Waals surface area contributed by atoms with Crippen molar-refractivity contribution in [2.45, 2.75) is 23.9 Å². The number of aromatic nitrogens is 2. The number of nitrogens with zero attached hydrogens (tertiary/aromatic N) is 1. The lowest BCUT2D eigenvalue weighted by molar-refractivity contribution is -0.139. The number of primary amides is 1. The van der Waals surface area contributed by atoms with Crippen LogP contribution in [-0.4, -0.2) is 41.4 Å². The summed E-state index contributed by atoms with van der Waals surface area (Å²) in [6, 6.07) is -1.43. The monoisotopic (exact) mass is 276 g/mol. The van der Waals surface area contributed by atoms with E-state index >= 15 is 0 Å². The maximum Gasteiger partial charge on any atom is 0.321 e. The van der Waals surface area contributed by atoms with Gasteiger partial charge in [-0.05, 0) is 6.42 Å². The summed E-state index contributed by atoms with van der Waals surface area (Å²) < 4.78 is 25.3. The minimum Gasteiger partial charge on any atom is -0.480 e. The zero-order valence-electron chi connectivity index (χ0n) is 9.16. The molecule has 1 amide bonds. The van der Waals surface area contributed by atoms with Gasteiger partial charge in [-0.1, -0.05) is 0 Å². The normalized spacial score (nSPS) is 13.1. The van der Waals surface area contributed by atoms with Gasteiger partial charge >= 0.3 is 5.97 Å². The average molecular weight is 276 g/mol. The highest BCUT2D eigenvalue weighted by Crippen LogP contribution is 2.06. The van der Waals surface area contributed by atoms with Crippen LogP contribution in [0.3, 0.4) is 0 Å². The van der Waals surface area contributed by atoms with Crippen molar-refractivity contribution >= 4 is 21.9 Å². The predicted molar refractivity (Wildman–Crippen MR) is 58.8 cm³/mol. The van der Waals surface area contributed by atoms with Crippen molar-refractivity contribution in [3.05, 3.63) is 12.5 Å². The quantitative estimate of drug-likeness (QED) is 0.470. The molecule has 0 spiro atoms. The van der Waals surface area contributed by atoms with Crippen LogP contribution in [0.4, 0.5) is 0 Å². The molecular weight excluding hydrogens is 264 g/mol. The number of carboxylic acids is 1. The molecule has 0 fully saturated rings. The van der Waals surface area contributed by atoms with Gasteiger partial charge in [0.1, 0.15) is 6.04 Å². The van der Waals surface area contributed by atoms with Crippen molar-refractivity contribution in [1.29, 1.82) is 0 Å². The van der Waals surface area contributed by atoms with Gasteiger partial charge in [-0.2, -0.15) is 4.72 Å². The Hall–Kier alpha value is -1.94. The standard InChI is InChI=1S/C8H12N4O5S/c9-6(13)2-1-5(8(14)15)12-18(16,17)7-3-10-4-11-7/h3-5,12H,1-2H2,(H2,9,13)(H,10,11)(H,14,15)/t5-/m0/s1. The van der Waals surface area contributed by atoms with Crippen molar-refractivity contribution in [2.75, 3.05) is 0 Å². The highest BCUT2D eigenvalue weighted by molar-refractivity contribution is 7.89. The molecule has 0 saturated carbocycles. The number of carboxylic acid groups (broad SMARTS) is 1. The Morgan fingerprint density at radius 1 is 1.56 bits per heavy atom. The number of aromatic amines is 1. The summed E-state index contributed by atoms with van der Waals surface area (Å²) in [6.45, 7) is 0. The number of aliphatic carboxylic acids is 1. The van der Waals surface area contributed by atoms with Crippen LogP contribution in [0.15, 0.2) is 17.6 Å². The van der Waals surface area contributed by atoms with Crippen molar-refractivity contribution < 1.29 is 23.1 Å². The van der Waals surface area contributed by atoms with Crippen LogP contribution in [-0.2, 0) is 19.6 Å². The van der Waals surface area contributed by atoms with Crippen LogP contribution in [0.2, 0.25) is 0 Å². The third kappa shape index (κ3) is 3.82. The first-order chi connectivity index (χ1) is 8.33. The molecule has 5 N–H and O–H groups in total. The smallest absolute Gasteiger partial charge is 0.321 e. The lowest BCUT2D eigenvalue weighted by atomic mass is 10.2. The highest BCUT2D eigenvalue weighted by Gasteiger charge is 2.26. The molecule has 1 rings (SSSR count). The van der Waals surface area contributed by atoms with Gasteiger partial charge in [-0.3, -0.25) is 9.59 Å². The molecule has 0 aliphatic heterocycles. The van der Waals surface area contributed by atoms with E-state index in [0.29, 0.717) is 0 Å². The summed E-state index contributed by atoms with van der Waals surface area (Å²) in [5.41, 5.74) is 4.87. The Bertz CT molecular complexity index is 524. The molecular formula is C8H12N4O5S. The maximum atomic E-state index is 11.7. The molecule has 1 heterocycles. The van der Waals surface area contributed by atoms with Crippen LogP contribution in [0, 0.1) is 0 Å². The Morgan fingerprint density at radius 2 is 2.22 bits per heavy atom. The average Bonchev–Trinajstić information content (AvgIpc) is 2.77. The van der Waals surface area contributed by atoms with Crippen LogP contribution < -0.4 is 10.5 Å². The van der Waals surface area contributed by atoms with Crippen molar-refractivity contribution in [3.63, 3.8) is 0 Å². The minimum atomic E-state index is -4.01. The number of nitrogens with one attached hydrogen (secondary N) is 2. The zero-order valence-corrected chi connectivity index (χ0v) is 9.98. The van der Waals surface area contributed by atoms with Gasteiger partial charge in [0.15, 0.2) is 5.03 Å². The second kappa shape index (κ2) is 5.60. The van der Waals surface area contributed by atoms with E-state index in [1.54, 1.807) is 0 Å². The van der Waals surface area contributed by atoms with Gasteiger partial charge in [0.05, 0.1) is 12.5 Å². The number of rotatable bonds is 7. The van der Waals surface area contributed by atoms with E-state index in [-0.39, 0.29) is 17.9 Å². The van der Waals surface area contributed by atoms with E-state index < -0.39 is 27.9 Å². The van der Waals surface area contributed by atoms with Gasteiger partial charge in [-0.15, -0.1) is 0 Å². The molecule has 10 heteroatoms. The van der Waals surface area contributed by atoms with Gasteiger partial charge < -0.3 is 15.8 Å². The number of carbonyl (C=O) groups is 2. The topological polar surface area (TPSA) is 155 Å². The fraction of sp³-hybridized carbons (Fsp3) is 0.375. The summed E-state index contributed by atoms with van der Waals surface area (Å²) in [7, 11) is -4.01. The SMILES string of the molecule is NC(=O)CC[C@H](NS(=O)(=O)c1cnc[nH]1)C(=O)O. The molecule has 0 aromatic carbocycles. The molecule has 1 aromatic rings. The molecule has 0 saturated heterocycles. The molecule has 100 valence electrons. The molecule has 0 aliphatic carbocycles. The van der Waals surface area contributed by atoms with E-state index in [1.807, 2.05) is 4.72 Å². The fourth-order valence-electron chi connectivity index (χ4n) is 1.16. The highest BCUT2D eigenvalue weighted by atomic mass is 32.2. The van der Waals surface area contributed by atoms with Gasteiger partial charge in [-0.25, -0.2) is 13.4 Å². The number of hydrogen-bond donors (Lipinski definition) is 4. The summed E-state index contributed by atoms with van der Waals surface area (Å²) in [6.07, 6.45) is 1.73. The number of sulfonamides is 1. The molecule has 1 aromatic heterocycles. The summed E-state index contributed by atoms with van der Waals surface area (Å²) in [5.74, 6) is -2.10. The number of imidazole rings is 1. The summed E-state index contributed by atoms with van der Waals surface area (Å²) in [5, 5.41) is 8.59. The van der Waals surface area contributed by atoms with Gasteiger partial charge in [0, 0.05) is 6.42 Å². The molecule has 0 bridgehead atoms. The first-order valence-electron chi connectivity index (χ1n) is 4.85. The first-order valence-corrected chi connectivity index (χ1v) is 6.33. The Morgan fingerprint density at radius 3 is 2.67 bits per heavy atom. The van der Waals surface area contributed by atoms with Crippen molar-refractivity contribution in [2.24, 2.45) is 5.73 Å². The third-order valence-electron chi connectivity index (χ3n) is 2.04. The van der Waals surface area contributed by atoms with Crippen LogP contribution in [0.5, 0.6) is 0 Å². The lowest BCUT2D eigenvalue weighted by Crippen LogP contribution is -2.41. The third-order valence-corrected chi connectivity index (χ3v) is 3.43. The van der Waals surface area contributed by atoms with Gasteiger partial charge in [0.2, 0.25) is 5.91 Å². The Labute approximate surface area is 102 Å². The van der Waals surface area contributed by atoms with Crippen LogP contribution in [0.25, 0.3) is 0 Å². The number of H-pyrrole nitrogens is 1. The van der Waals surface area contributed by atoms with E-state index in [2.05, 4.69) is 9.97 Å². The molecule has 0 radical (unpaired) electrons. The maximum absolute atomic E-state index is 11.7. The van der Waals surface area contributed by atoms with E-state index in [9.17, 15) is 18.0 Å². The molecule has 9 nitrogen and oxygen atoms in total. The molecule has 1 atom stereocenters. The largest absolute Gasteiger partial charge is 0.480 e. The summed E-state index contributed by atoms with van der Waals surface area (Å²) >= 11 is 0. The first kappa shape index (κ1) is 14.1. The second-order valence-electron chi connectivity index (χ2n) is 3.43. The van der Waals surface area contributed by atoms with E-state index in [0.717, 1.165) is 12.5 Å². The number of nitrogens with two attached hydrogens (primary N) is 1. The number of hydrogen-bond acceptors (Lipinski definition) is 5.